The van der Waals surface area contributed by atoms with Crippen LogP contribution >= 0.6 is 11.3 Å². The van der Waals surface area contributed by atoms with Crippen molar-refractivity contribution >= 4 is 33.8 Å². The van der Waals surface area contributed by atoms with E-state index in [1.54, 1.807) is 12.1 Å². The molecule has 4 aromatic rings. The van der Waals surface area contributed by atoms with Gasteiger partial charge in [-0.05, 0) is 42.5 Å². The largest absolute Gasteiger partial charge is 0.507 e. The number of hydrogen-bond acceptors (Lipinski definition) is 5. The second-order valence-corrected chi connectivity index (χ2v) is 6.95. The monoisotopic (exact) mass is 387 g/mol. The Morgan fingerprint density at radius 2 is 1.54 bits per heavy atom. The van der Waals surface area contributed by atoms with Gasteiger partial charge >= 0.3 is 0 Å². The van der Waals surface area contributed by atoms with Crippen molar-refractivity contribution in [2.45, 2.75) is 0 Å². The van der Waals surface area contributed by atoms with Crippen molar-refractivity contribution in [3.8, 4) is 17.0 Å². The summed E-state index contributed by atoms with van der Waals surface area (Å²) in [6.45, 7) is 0. The molecule has 0 saturated heterocycles. The van der Waals surface area contributed by atoms with E-state index < -0.39 is 5.91 Å². The Morgan fingerprint density at radius 1 is 0.929 bits per heavy atom. The number of anilines is 3. The number of primary amides is 1. The lowest BCUT2D eigenvalue weighted by atomic mass is 10.1. The van der Waals surface area contributed by atoms with Crippen molar-refractivity contribution < 1.29 is 9.90 Å². The fourth-order valence-electron chi connectivity index (χ4n) is 2.92. The second kappa shape index (κ2) is 7.54. The number of carbonyl (C=O) groups is 1. The van der Waals surface area contributed by atoms with Gasteiger partial charge in [-0.15, -0.1) is 11.3 Å². The standard InChI is InChI=1S/C22H17N3O2S/c23-21(27)18-13-15(11-12-20(18)26)19-14-28-22(24-19)25(16-7-3-1-4-8-16)17-9-5-2-6-10-17/h1-14,26H,(H2,23,27). The molecule has 0 bridgehead atoms. The molecule has 3 aromatic carbocycles. The van der Waals surface area contributed by atoms with Gasteiger partial charge in [-0.1, -0.05) is 36.4 Å². The number of aromatic nitrogens is 1. The number of thiazole rings is 1. The Labute approximate surface area is 166 Å². The summed E-state index contributed by atoms with van der Waals surface area (Å²) in [6.07, 6.45) is 0. The molecule has 0 saturated carbocycles. The molecule has 0 aliphatic heterocycles. The summed E-state index contributed by atoms with van der Waals surface area (Å²) in [4.78, 5) is 18.4. The Bertz CT molecular complexity index is 1070. The van der Waals surface area contributed by atoms with Gasteiger partial charge < -0.3 is 10.8 Å². The topological polar surface area (TPSA) is 79.5 Å². The minimum absolute atomic E-state index is 0.0787. The van der Waals surface area contributed by atoms with Crippen LogP contribution in [-0.4, -0.2) is 16.0 Å². The summed E-state index contributed by atoms with van der Waals surface area (Å²) in [5.41, 5.74) is 8.84. The lowest BCUT2D eigenvalue weighted by Crippen LogP contribution is -2.11. The predicted octanol–water partition coefficient (Wildman–Crippen LogP) is 5.08. The van der Waals surface area contributed by atoms with E-state index in [1.807, 2.05) is 66.0 Å². The van der Waals surface area contributed by atoms with Gasteiger partial charge in [-0.25, -0.2) is 4.98 Å². The number of rotatable bonds is 5. The van der Waals surface area contributed by atoms with Crippen LogP contribution < -0.4 is 10.6 Å². The Morgan fingerprint density at radius 3 is 2.11 bits per heavy atom. The molecule has 0 fully saturated rings. The van der Waals surface area contributed by atoms with E-state index in [2.05, 4.69) is 4.90 Å². The van der Waals surface area contributed by atoms with E-state index in [0.29, 0.717) is 5.69 Å². The Hall–Kier alpha value is -3.64. The van der Waals surface area contributed by atoms with E-state index in [9.17, 15) is 9.90 Å². The zero-order valence-corrected chi connectivity index (χ0v) is 15.6. The zero-order chi connectivity index (χ0) is 19.5. The van der Waals surface area contributed by atoms with E-state index in [0.717, 1.165) is 22.1 Å². The molecule has 1 heterocycles. The minimum atomic E-state index is -0.676. The molecule has 0 atom stereocenters. The highest BCUT2D eigenvalue weighted by Gasteiger charge is 2.17. The van der Waals surface area contributed by atoms with Crippen LogP contribution in [0.25, 0.3) is 11.3 Å². The van der Waals surface area contributed by atoms with E-state index in [-0.39, 0.29) is 11.3 Å². The molecule has 0 spiro atoms. The number of amides is 1. The average Bonchev–Trinajstić information content (AvgIpc) is 3.19. The van der Waals surface area contributed by atoms with Gasteiger partial charge in [0.15, 0.2) is 5.13 Å². The van der Waals surface area contributed by atoms with Gasteiger partial charge in [0.25, 0.3) is 5.91 Å². The highest BCUT2D eigenvalue weighted by atomic mass is 32.1. The number of aromatic hydroxyl groups is 1. The van der Waals surface area contributed by atoms with Crippen LogP contribution in [0.15, 0.2) is 84.2 Å². The number of phenols is 1. The molecule has 1 aromatic heterocycles. The normalized spacial score (nSPS) is 10.6. The van der Waals surface area contributed by atoms with Crippen LogP contribution in [0, 0.1) is 0 Å². The van der Waals surface area contributed by atoms with Gasteiger partial charge in [-0.3, -0.25) is 9.69 Å². The van der Waals surface area contributed by atoms with Crippen molar-refractivity contribution in [2.24, 2.45) is 5.73 Å². The molecule has 0 aliphatic rings. The fraction of sp³-hybridized carbons (Fsp3) is 0. The molecule has 0 aliphatic carbocycles. The molecule has 0 radical (unpaired) electrons. The molecular weight excluding hydrogens is 370 g/mol. The van der Waals surface area contributed by atoms with Crippen molar-refractivity contribution in [1.82, 2.24) is 4.98 Å². The smallest absolute Gasteiger partial charge is 0.252 e. The third kappa shape index (κ3) is 3.45. The first kappa shape index (κ1) is 17.8. The third-order valence-corrected chi connectivity index (χ3v) is 5.10. The number of nitrogens with two attached hydrogens (primary N) is 1. The summed E-state index contributed by atoms with van der Waals surface area (Å²) >= 11 is 1.50. The molecule has 138 valence electrons. The first-order valence-electron chi connectivity index (χ1n) is 8.62. The lowest BCUT2D eigenvalue weighted by Gasteiger charge is -2.22. The molecule has 3 N–H and O–H groups in total. The lowest BCUT2D eigenvalue weighted by molar-refractivity contribution is 0.0998. The minimum Gasteiger partial charge on any atom is -0.507 e. The summed E-state index contributed by atoms with van der Waals surface area (Å²) in [6, 6.07) is 24.7. The Balaban J connectivity index is 1.78. The molecule has 4 rings (SSSR count). The molecule has 28 heavy (non-hydrogen) atoms. The van der Waals surface area contributed by atoms with Gasteiger partial charge in [0.2, 0.25) is 0 Å². The summed E-state index contributed by atoms with van der Waals surface area (Å²) < 4.78 is 0. The van der Waals surface area contributed by atoms with Crippen molar-refractivity contribution in [3.63, 3.8) is 0 Å². The first-order valence-corrected chi connectivity index (χ1v) is 9.50. The summed E-state index contributed by atoms with van der Waals surface area (Å²) in [5.74, 6) is -0.813. The molecule has 5 nitrogen and oxygen atoms in total. The third-order valence-electron chi connectivity index (χ3n) is 4.27. The van der Waals surface area contributed by atoms with E-state index in [4.69, 9.17) is 10.7 Å². The maximum Gasteiger partial charge on any atom is 0.252 e. The number of para-hydroxylation sites is 2. The van der Waals surface area contributed by atoms with Crippen LogP contribution in [0.2, 0.25) is 0 Å². The van der Waals surface area contributed by atoms with Crippen molar-refractivity contribution in [1.29, 1.82) is 0 Å². The molecule has 6 heteroatoms. The summed E-state index contributed by atoms with van der Waals surface area (Å²) in [5, 5.41) is 12.5. The van der Waals surface area contributed by atoms with Gasteiger partial charge in [-0.2, -0.15) is 0 Å². The number of hydrogen-bond donors (Lipinski definition) is 2. The number of carbonyl (C=O) groups excluding carboxylic acids is 1. The van der Waals surface area contributed by atoms with Crippen LogP contribution in [0.3, 0.4) is 0 Å². The maximum atomic E-state index is 11.5. The average molecular weight is 387 g/mol. The van der Waals surface area contributed by atoms with Crippen LogP contribution in [0.4, 0.5) is 16.5 Å². The number of nitrogens with zero attached hydrogens (tertiary/aromatic N) is 2. The van der Waals surface area contributed by atoms with Crippen LogP contribution in [0.1, 0.15) is 10.4 Å². The number of benzene rings is 3. The van der Waals surface area contributed by atoms with Crippen LogP contribution in [-0.2, 0) is 0 Å². The van der Waals surface area contributed by atoms with Crippen LogP contribution in [0.5, 0.6) is 5.75 Å². The fourth-order valence-corrected chi connectivity index (χ4v) is 3.79. The van der Waals surface area contributed by atoms with Crippen molar-refractivity contribution in [3.05, 3.63) is 89.8 Å². The molecular formula is C22H17N3O2S. The highest BCUT2D eigenvalue weighted by Crippen LogP contribution is 2.38. The second-order valence-electron chi connectivity index (χ2n) is 6.12. The van der Waals surface area contributed by atoms with Crippen molar-refractivity contribution in [2.75, 3.05) is 4.90 Å². The van der Waals surface area contributed by atoms with Gasteiger partial charge in [0.05, 0.1) is 11.3 Å². The zero-order valence-electron chi connectivity index (χ0n) is 14.8. The van der Waals surface area contributed by atoms with E-state index >= 15 is 0 Å². The van der Waals surface area contributed by atoms with E-state index in [1.165, 1.54) is 17.4 Å². The SMILES string of the molecule is NC(=O)c1cc(-c2csc(N(c3ccccc3)c3ccccc3)n2)ccc1O. The highest BCUT2D eigenvalue weighted by molar-refractivity contribution is 7.14. The predicted molar refractivity (Wildman–Crippen MR) is 112 cm³/mol. The van der Waals surface area contributed by atoms with Gasteiger partial charge in [0, 0.05) is 22.3 Å². The quantitative estimate of drug-likeness (QED) is 0.500. The Kier molecular flexibility index (Phi) is 4.78. The maximum absolute atomic E-state index is 11.5. The molecule has 1 amide bonds. The summed E-state index contributed by atoms with van der Waals surface area (Å²) in [7, 11) is 0. The molecule has 0 unspecified atom stereocenters. The van der Waals surface area contributed by atoms with Gasteiger partial charge in [0.1, 0.15) is 5.75 Å². The first-order chi connectivity index (χ1) is 13.6.